The minimum Gasteiger partial charge on any atom is -0.378 e. The molecule has 2 aromatic rings. The Bertz CT molecular complexity index is 858. The van der Waals surface area contributed by atoms with Crippen LogP contribution in [0, 0.1) is 0 Å². The third-order valence-corrected chi connectivity index (χ3v) is 3.74. The summed E-state index contributed by atoms with van der Waals surface area (Å²) in [7, 11) is 3.84. The molecule has 7 heteroatoms. The van der Waals surface area contributed by atoms with E-state index in [1.165, 1.54) is 30.6 Å². The third-order valence-electron chi connectivity index (χ3n) is 3.74. The largest absolute Gasteiger partial charge is 0.378 e. The van der Waals surface area contributed by atoms with Crippen LogP contribution in [-0.2, 0) is 9.59 Å². The number of benzene rings is 1. The van der Waals surface area contributed by atoms with Crippen LogP contribution in [0.25, 0.3) is 6.08 Å². The Morgan fingerprint density at radius 1 is 1.00 bits per heavy atom. The zero-order valence-corrected chi connectivity index (χ0v) is 13.8. The van der Waals surface area contributed by atoms with Gasteiger partial charge in [-0.3, -0.25) is 19.9 Å². The van der Waals surface area contributed by atoms with Gasteiger partial charge in [0.05, 0.1) is 5.69 Å². The van der Waals surface area contributed by atoms with Gasteiger partial charge in [0.2, 0.25) is 0 Å². The molecule has 0 saturated carbocycles. The number of anilines is 2. The number of pyridine rings is 1. The predicted octanol–water partition coefficient (Wildman–Crippen LogP) is 1.81. The van der Waals surface area contributed by atoms with Gasteiger partial charge in [0.1, 0.15) is 5.57 Å². The fraction of sp³-hybridized carbons (Fsp3) is 0.111. The SMILES string of the molecule is CN(C)c1ccc(/C=C2/C(=O)NC(=O)N(c3ccncc3)C2=O)cc1. The van der Waals surface area contributed by atoms with Crippen LogP contribution in [0.1, 0.15) is 5.56 Å². The van der Waals surface area contributed by atoms with Gasteiger partial charge in [-0.15, -0.1) is 0 Å². The maximum atomic E-state index is 12.7. The highest BCUT2D eigenvalue weighted by Crippen LogP contribution is 2.21. The molecule has 1 aliphatic rings. The van der Waals surface area contributed by atoms with Crippen molar-refractivity contribution in [3.05, 3.63) is 59.9 Å². The molecule has 1 fully saturated rings. The fourth-order valence-corrected chi connectivity index (χ4v) is 2.42. The molecule has 1 aromatic carbocycles. The van der Waals surface area contributed by atoms with Gasteiger partial charge in [-0.25, -0.2) is 9.69 Å². The number of nitrogens with zero attached hydrogens (tertiary/aromatic N) is 3. The van der Waals surface area contributed by atoms with Gasteiger partial charge in [0.15, 0.2) is 0 Å². The van der Waals surface area contributed by atoms with E-state index < -0.39 is 17.8 Å². The second-order valence-corrected chi connectivity index (χ2v) is 5.65. The van der Waals surface area contributed by atoms with E-state index in [2.05, 4.69) is 10.3 Å². The average molecular weight is 336 g/mol. The van der Waals surface area contributed by atoms with Gasteiger partial charge >= 0.3 is 6.03 Å². The predicted molar refractivity (Wildman–Crippen MR) is 94.0 cm³/mol. The molecular formula is C18H16N4O3. The summed E-state index contributed by atoms with van der Waals surface area (Å²) >= 11 is 0. The lowest BCUT2D eigenvalue weighted by Gasteiger charge is -2.26. The second-order valence-electron chi connectivity index (χ2n) is 5.65. The topological polar surface area (TPSA) is 82.6 Å². The molecule has 0 bridgehead atoms. The first-order valence-electron chi connectivity index (χ1n) is 7.56. The van der Waals surface area contributed by atoms with Crippen molar-refractivity contribution >= 4 is 35.3 Å². The number of aromatic nitrogens is 1. The fourth-order valence-electron chi connectivity index (χ4n) is 2.42. The zero-order chi connectivity index (χ0) is 18.0. The third kappa shape index (κ3) is 3.25. The van der Waals surface area contributed by atoms with Crippen molar-refractivity contribution in [2.45, 2.75) is 0 Å². The number of hydrogen-bond acceptors (Lipinski definition) is 5. The summed E-state index contributed by atoms with van der Waals surface area (Å²) in [6, 6.07) is 9.63. The highest BCUT2D eigenvalue weighted by molar-refractivity contribution is 6.39. The summed E-state index contributed by atoms with van der Waals surface area (Å²) in [6.45, 7) is 0. The normalized spacial score (nSPS) is 16.2. The molecule has 3 rings (SSSR count). The summed E-state index contributed by atoms with van der Waals surface area (Å²) in [4.78, 5) is 43.6. The van der Waals surface area contributed by atoms with E-state index in [4.69, 9.17) is 0 Å². The van der Waals surface area contributed by atoms with Crippen molar-refractivity contribution in [1.29, 1.82) is 0 Å². The van der Waals surface area contributed by atoms with E-state index in [0.29, 0.717) is 11.3 Å². The highest BCUT2D eigenvalue weighted by Gasteiger charge is 2.36. The van der Waals surface area contributed by atoms with Gasteiger partial charge in [-0.2, -0.15) is 0 Å². The van der Waals surface area contributed by atoms with Crippen molar-refractivity contribution in [2.24, 2.45) is 0 Å². The zero-order valence-electron chi connectivity index (χ0n) is 13.8. The minimum atomic E-state index is -0.777. The molecule has 0 radical (unpaired) electrons. The Hall–Kier alpha value is -3.48. The van der Waals surface area contributed by atoms with Gasteiger partial charge in [0.25, 0.3) is 11.8 Å². The number of imide groups is 2. The quantitative estimate of drug-likeness (QED) is 0.683. The molecule has 1 aliphatic heterocycles. The first kappa shape index (κ1) is 16.4. The van der Waals surface area contributed by atoms with Crippen LogP contribution in [0.3, 0.4) is 0 Å². The number of hydrogen-bond donors (Lipinski definition) is 1. The van der Waals surface area contributed by atoms with Crippen molar-refractivity contribution in [2.75, 3.05) is 23.9 Å². The summed E-state index contributed by atoms with van der Waals surface area (Å²) in [6.07, 6.45) is 4.41. The molecule has 0 unspecified atom stereocenters. The number of carbonyl (C=O) groups excluding carboxylic acids is 3. The van der Waals surface area contributed by atoms with Crippen LogP contribution in [0.15, 0.2) is 54.4 Å². The van der Waals surface area contributed by atoms with Crippen LogP contribution in [0.2, 0.25) is 0 Å². The van der Waals surface area contributed by atoms with Gasteiger partial charge in [-0.1, -0.05) is 12.1 Å². The van der Waals surface area contributed by atoms with E-state index in [1.807, 2.05) is 31.1 Å². The standard InChI is InChI=1S/C18H16N4O3/c1-21(2)13-5-3-12(4-6-13)11-15-16(23)20-18(25)22(17(15)24)14-7-9-19-10-8-14/h3-11H,1-2H3,(H,20,23,25)/b15-11-. The Balaban J connectivity index is 1.96. The molecule has 0 atom stereocenters. The molecule has 25 heavy (non-hydrogen) atoms. The van der Waals surface area contributed by atoms with Crippen LogP contribution >= 0.6 is 0 Å². The number of urea groups is 1. The first-order chi connectivity index (χ1) is 12.0. The molecule has 1 N–H and O–H groups in total. The van der Waals surface area contributed by atoms with Crippen molar-refractivity contribution in [1.82, 2.24) is 10.3 Å². The molecule has 4 amide bonds. The van der Waals surface area contributed by atoms with E-state index in [0.717, 1.165) is 10.6 Å². The number of rotatable bonds is 3. The van der Waals surface area contributed by atoms with E-state index in [-0.39, 0.29) is 5.57 Å². The molecule has 7 nitrogen and oxygen atoms in total. The smallest absolute Gasteiger partial charge is 0.335 e. The van der Waals surface area contributed by atoms with Crippen LogP contribution in [-0.4, -0.2) is 36.9 Å². The van der Waals surface area contributed by atoms with Crippen molar-refractivity contribution in [3.8, 4) is 0 Å². The molecule has 126 valence electrons. The summed E-state index contributed by atoms with van der Waals surface area (Å²) in [5.41, 5.74) is 1.93. The summed E-state index contributed by atoms with van der Waals surface area (Å²) in [5, 5.41) is 2.19. The van der Waals surface area contributed by atoms with Crippen LogP contribution < -0.4 is 15.1 Å². The molecular weight excluding hydrogens is 320 g/mol. The van der Waals surface area contributed by atoms with E-state index in [9.17, 15) is 14.4 Å². The lowest BCUT2D eigenvalue weighted by atomic mass is 10.1. The van der Waals surface area contributed by atoms with Crippen molar-refractivity contribution in [3.63, 3.8) is 0 Å². The maximum Gasteiger partial charge on any atom is 0.335 e. The number of barbiturate groups is 1. The average Bonchev–Trinajstić information content (AvgIpc) is 2.60. The van der Waals surface area contributed by atoms with Gasteiger partial charge in [0, 0.05) is 32.2 Å². The molecule has 0 aliphatic carbocycles. The van der Waals surface area contributed by atoms with Crippen molar-refractivity contribution < 1.29 is 14.4 Å². The van der Waals surface area contributed by atoms with Gasteiger partial charge in [-0.05, 0) is 35.9 Å². The Labute approximate surface area is 144 Å². The minimum absolute atomic E-state index is 0.103. The van der Waals surface area contributed by atoms with E-state index in [1.54, 1.807) is 12.1 Å². The Morgan fingerprint density at radius 2 is 1.64 bits per heavy atom. The number of carbonyl (C=O) groups is 3. The molecule has 1 aromatic heterocycles. The summed E-state index contributed by atoms with van der Waals surface area (Å²) < 4.78 is 0. The molecule has 2 heterocycles. The number of nitrogens with one attached hydrogen (secondary N) is 1. The highest BCUT2D eigenvalue weighted by atomic mass is 16.2. The number of amides is 4. The maximum absolute atomic E-state index is 12.7. The second kappa shape index (κ2) is 6.56. The summed E-state index contributed by atoms with van der Waals surface area (Å²) in [5.74, 6) is -1.38. The Morgan fingerprint density at radius 3 is 2.24 bits per heavy atom. The van der Waals surface area contributed by atoms with Gasteiger partial charge < -0.3 is 4.90 Å². The lowest BCUT2D eigenvalue weighted by molar-refractivity contribution is -0.122. The first-order valence-corrected chi connectivity index (χ1v) is 7.56. The Kier molecular flexibility index (Phi) is 4.30. The molecule has 1 saturated heterocycles. The lowest BCUT2D eigenvalue weighted by Crippen LogP contribution is -2.54. The van der Waals surface area contributed by atoms with Crippen LogP contribution in [0.4, 0.5) is 16.2 Å². The van der Waals surface area contributed by atoms with Crippen LogP contribution in [0.5, 0.6) is 0 Å². The van der Waals surface area contributed by atoms with E-state index >= 15 is 0 Å². The molecule has 0 spiro atoms. The monoisotopic (exact) mass is 336 g/mol.